The fraction of sp³-hybridized carbons (Fsp3) is 0.529. The summed E-state index contributed by atoms with van der Waals surface area (Å²) >= 11 is 0. The second-order valence-electron chi connectivity index (χ2n) is 4.63. The highest BCUT2D eigenvalue weighted by Crippen LogP contribution is 2.32. The lowest BCUT2D eigenvalue weighted by Crippen LogP contribution is -2.07. The molecular weight excluding hydrogens is 220 g/mol. The smallest absolute Gasteiger partial charge is 0.122 e. The lowest BCUT2D eigenvalue weighted by Gasteiger charge is -2.20. The Hall–Kier alpha value is -1.42. The molecule has 0 heterocycles. The Kier molecular flexibility index (Phi) is 5.78. The van der Waals surface area contributed by atoms with Crippen LogP contribution in [0.1, 0.15) is 51.7 Å². The molecule has 0 N–H and O–H groups in total. The molecule has 1 nitrogen and oxygen atoms in total. The van der Waals surface area contributed by atoms with E-state index in [9.17, 15) is 0 Å². The van der Waals surface area contributed by atoms with Crippen LogP contribution in [0.4, 0.5) is 0 Å². The first kappa shape index (κ1) is 14.6. The van der Waals surface area contributed by atoms with Gasteiger partial charge in [-0.25, -0.2) is 0 Å². The topological polar surface area (TPSA) is 9.23 Å². The fourth-order valence-corrected chi connectivity index (χ4v) is 2.08. The van der Waals surface area contributed by atoms with Gasteiger partial charge in [0.05, 0.1) is 6.61 Å². The van der Waals surface area contributed by atoms with E-state index in [0.29, 0.717) is 18.4 Å². The van der Waals surface area contributed by atoms with Crippen LogP contribution in [-0.2, 0) is 6.42 Å². The van der Waals surface area contributed by atoms with Gasteiger partial charge in [0.25, 0.3) is 0 Å². The largest absolute Gasteiger partial charge is 0.494 e. The standard InChI is InChI=1S/C17H24O/c1-6-9-13(4)14(5)16-12-15(7-2)10-11-17(16)18-8-3/h10-14H,7-8H2,1-5H3. The second kappa shape index (κ2) is 7.11. The van der Waals surface area contributed by atoms with E-state index in [4.69, 9.17) is 4.74 Å². The van der Waals surface area contributed by atoms with Crippen LogP contribution in [-0.4, -0.2) is 6.61 Å². The third kappa shape index (κ3) is 3.53. The van der Waals surface area contributed by atoms with E-state index in [-0.39, 0.29) is 0 Å². The lowest BCUT2D eigenvalue weighted by atomic mass is 9.87. The molecule has 18 heavy (non-hydrogen) atoms. The van der Waals surface area contributed by atoms with Gasteiger partial charge in [0.1, 0.15) is 5.75 Å². The Morgan fingerprint density at radius 3 is 2.50 bits per heavy atom. The molecule has 0 aliphatic heterocycles. The average molecular weight is 244 g/mol. The van der Waals surface area contributed by atoms with Gasteiger partial charge in [0.15, 0.2) is 0 Å². The molecule has 2 unspecified atom stereocenters. The van der Waals surface area contributed by atoms with Crippen LogP contribution in [0.5, 0.6) is 5.75 Å². The quantitative estimate of drug-likeness (QED) is 0.697. The van der Waals surface area contributed by atoms with Crippen molar-refractivity contribution in [1.29, 1.82) is 0 Å². The third-order valence-corrected chi connectivity index (χ3v) is 3.39. The van der Waals surface area contributed by atoms with E-state index < -0.39 is 0 Å². The van der Waals surface area contributed by atoms with Crippen molar-refractivity contribution in [1.82, 2.24) is 0 Å². The van der Waals surface area contributed by atoms with E-state index in [0.717, 1.165) is 12.2 Å². The van der Waals surface area contributed by atoms with Crippen LogP contribution in [0.25, 0.3) is 0 Å². The summed E-state index contributed by atoms with van der Waals surface area (Å²) in [6.07, 6.45) is 1.06. The van der Waals surface area contributed by atoms with Crippen LogP contribution < -0.4 is 4.74 Å². The maximum Gasteiger partial charge on any atom is 0.122 e. The maximum absolute atomic E-state index is 5.74. The van der Waals surface area contributed by atoms with Crippen molar-refractivity contribution in [3.05, 3.63) is 29.3 Å². The second-order valence-corrected chi connectivity index (χ2v) is 4.63. The molecule has 0 aromatic heterocycles. The molecule has 2 atom stereocenters. The number of aryl methyl sites for hydroxylation is 1. The van der Waals surface area contributed by atoms with Gasteiger partial charge >= 0.3 is 0 Å². The molecule has 1 aromatic carbocycles. The average Bonchev–Trinajstić information content (AvgIpc) is 2.39. The molecule has 0 amide bonds. The third-order valence-electron chi connectivity index (χ3n) is 3.39. The monoisotopic (exact) mass is 244 g/mol. The Bertz CT molecular complexity index is 437. The Balaban J connectivity index is 3.11. The number of rotatable bonds is 5. The van der Waals surface area contributed by atoms with Crippen LogP contribution in [0.2, 0.25) is 0 Å². The van der Waals surface area contributed by atoms with Crippen molar-refractivity contribution in [2.24, 2.45) is 5.92 Å². The van der Waals surface area contributed by atoms with Gasteiger partial charge in [-0.15, -0.1) is 5.92 Å². The van der Waals surface area contributed by atoms with E-state index in [1.165, 1.54) is 11.1 Å². The lowest BCUT2D eigenvalue weighted by molar-refractivity contribution is 0.332. The zero-order valence-electron chi connectivity index (χ0n) is 12.2. The van der Waals surface area contributed by atoms with Crippen molar-refractivity contribution < 1.29 is 4.74 Å². The van der Waals surface area contributed by atoms with Crippen molar-refractivity contribution in [3.63, 3.8) is 0 Å². The molecule has 1 heteroatoms. The van der Waals surface area contributed by atoms with Gasteiger partial charge in [-0.05, 0) is 43.4 Å². The fourth-order valence-electron chi connectivity index (χ4n) is 2.08. The molecule has 0 fully saturated rings. The number of hydrogen-bond donors (Lipinski definition) is 0. The van der Waals surface area contributed by atoms with Crippen LogP contribution in [0.15, 0.2) is 18.2 Å². The summed E-state index contributed by atoms with van der Waals surface area (Å²) in [5.74, 6) is 8.00. The highest BCUT2D eigenvalue weighted by molar-refractivity contribution is 5.40. The van der Waals surface area contributed by atoms with Gasteiger partial charge in [0, 0.05) is 5.92 Å². The van der Waals surface area contributed by atoms with Gasteiger partial charge in [-0.2, -0.15) is 0 Å². The molecule has 0 aliphatic carbocycles. The summed E-state index contributed by atoms with van der Waals surface area (Å²) in [5, 5.41) is 0. The molecule has 0 saturated carbocycles. The molecule has 0 saturated heterocycles. The zero-order valence-corrected chi connectivity index (χ0v) is 12.2. The van der Waals surface area contributed by atoms with E-state index in [1.54, 1.807) is 0 Å². The van der Waals surface area contributed by atoms with E-state index >= 15 is 0 Å². The minimum absolute atomic E-state index is 0.348. The van der Waals surface area contributed by atoms with E-state index in [2.05, 4.69) is 50.8 Å². The Morgan fingerprint density at radius 1 is 1.22 bits per heavy atom. The molecule has 98 valence electrons. The predicted octanol–water partition coefficient (Wildman–Crippen LogP) is 4.41. The highest BCUT2D eigenvalue weighted by atomic mass is 16.5. The van der Waals surface area contributed by atoms with Crippen LogP contribution in [0.3, 0.4) is 0 Å². The number of ether oxygens (including phenoxy) is 1. The van der Waals surface area contributed by atoms with E-state index in [1.807, 2.05) is 13.8 Å². The minimum atomic E-state index is 0.348. The first-order valence-corrected chi connectivity index (χ1v) is 6.81. The van der Waals surface area contributed by atoms with Crippen LogP contribution >= 0.6 is 0 Å². The first-order valence-electron chi connectivity index (χ1n) is 6.81. The van der Waals surface area contributed by atoms with Gasteiger partial charge in [0.2, 0.25) is 0 Å². The summed E-state index contributed by atoms with van der Waals surface area (Å²) in [5.41, 5.74) is 2.64. The summed E-state index contributed by atoms with van der Waals surface area (Å²) < 4.78 is 5.74. The number of hydrogen-bond acceptors (Lipinski definition) is 1. The summed E-state index contributed by atoms with van der Waals surface area (Å²) in [4.78, 5) is 0. The summed E-state index contributed by atoms with van der Waals surface area (Å²) in [7, 11) is 0. The minimum Gasteiger partial charge on any atom is -0.494 e. The van der Waals surface area contributed by atoms with Crippen molar-refractivity contribution >= 4 is 0 Å². The van der Waals surface area contributed by atoms with Crippen molar-refractivity contribution in [2.45, 2.75) is 47.0 Å². The van der Waals surface area contributed by atoms with Crippen molar-refractivity contribution in [2.75, 3.05) is 6.61 Å². The van der Waals surface area contributed by atoms with Crippen LogP contribution in [0, 0.1) is 17.8 Å². The first-order chi connectivity index (χ1) is 8.63. The van der Waals surface area contributed by atoms with Crippen molar-refractivity contribution in [3.8, 4) is 17.6 Å². The molecule has 0 radical (unpaired) electrons. The molecule has 0 spiro atoms. The normalized spacial score (nSPS) is 13.4. The molecule has 1 aromatic rings. The molecular formula is C17H24O. The van der Waals surface area contributed by atoms with Gasteiger partial charge in [-0.1, -0.05) is 38.8 Å². The Labute approximate surface area is 112 Å². The number of benzene rings is 1. The predicted molar refractivity (Wildman–Crippen MR) is 78.0 cm³/mol. The zero-order chi connectivity index (χ0) is 13.5. The molecule has 0 bridgehead atoms. The maximum atomic E-state index is 5.74. The van der Waals surface area contributed by atoms with Gasteiger partial charge in [-0.3, -0.25) is 0 Å². The highest BCUT2D eigenvalue weighted by Gasteiger charge is 2.17. The molecule has 1 rings (SSSR count). The SMILES string of the molecule is CC#CC(C)C(C)c1cc(CC)ccc1OCC. The Morgan fingerprint density at radius 2 is 1.94 bits per heavy atom. The summed E-state index contributed by atoms with van der Waals surface area (Å²) in [6.45, 7) is 11.2. The molecule has 0 aliphatic rings. The summed E-state index contributed by atoms with van der Waals surface area (Å²) in [6, 6.07) is 6.52. The van der Waals surface area contributed by atoms with Gasteiger partial charge < -0.3 is 4.74 Å².